The lowest BCUT2D eigenvalue weighted by Gasteiger charge is -2.42. The van der Waals surface area contributed by atoms with E-state index < -0.39 is 5.67 Å². The van der Waals surface area contributed by atoms with Crippen molar-refractivity contribution in [3.63, 3.8) is 0 Å². The second kappa shape index (κ2) is 12.2. The molecule has 1 aromatic heterocycles. The molecular formula is C27H40FN3. The quantitative estimate of drug-likeness (QED) is 0.327. The number of hydrogen-bond donors (Lipinski definition) is 0. The largest absolute Gasteiger partial charge is 0.371 e. The number of aromatic nitrogens is 2. The Morgan fingerprint density at radius 1 is 0.871 bits per heavy atom. The summed E-state index contributed by atoms with van der Waals surface area (Å²) in [5, 5.41) is 0. The summed E-state index contributed by atoms with van der Waals surface area (Å²) >= 11 is 0. The van der Waals surface area contributed by atoms with Gasteiger partial charge in [-0.25, -0.2) is 14.4 Å². The molecule has 1 aliphatic rings. The average Bonchev–Trinajstić information content (AvgIpc) is 2.82. The molecule has 2 heterocycles. The summed E-state index contributed by atoms with van der Waals surface area (Å²) < 4.78 is 16.1. The molecular weight excluding hydrogens is 385 g/mol. The Hall–Kier alpha value is -1.97. The fourth-order valence-electron chi connectivity index (χ4n) is 4.93. The highest BCUT2D eigenvalue weighted by Gasteiger charge is 2.41. The van der Waals surface area contributed by atoms with Crippen molar-refractivity contribution in [3.05, 3.63) is 42.7 Å². The van der Waals surface area contributed by atoms with E-state index in [0.717, 1.165) is 37.3 Å². The third-order valence-corrected chi connectivity index (χ3v) is 6.95. The number of piperidine rings is 1. The van der Waals surface area contributed by atoms with Crippen molar-refractivity contribution < 1.29 is 4.39 Å². The highest BCUT2D eigenvalue weighted by atomic mass is 19.1. The molecule has 1 atom stereocenters. The van der Waals surface area contributed by atoms with Crippen LogP contribution in [0.1, 0.15) is 84.5 Å². The van der Waals surface area contributed by atoms with Gasteiger partial charge in [-0.3, -0.25) is 0 Å². The Labute approximate surface area is 188 Å². The molecule has 0 aliphatic carbocycles. The molecule has 3 rings (SSSR count). The molecule has 31 heavy (non-hydrogen) atoms. The van der Waals surface area contributed by atoms with Crippen molar-refractivity contribution in [1.82, 2.24) is 9.97 Å². The minimum Gasteiger partial charge on any atom is -0.371 e. The van der Waals surface area contributed by atoms with Crippen LogP contribution in [0.25, 0.3) is 11.4 Å². The zero-order chi connectivity index (χ0) is 21.9. The Bertz CT molecular complexity index is 739. The summed E-state index contributed by atoms with van der Waals surface area (Å²) in [5.41, 5.74) is 1.20. The maximum absolute atomic E-state index is 16.1. The monoisotopic (exact) mass is 425 g/mol. The van der Waals surface area contributed by atoms with E-state index in [1.54, 1.807) is 12.4 Å². The Balaban J connectivity index is 1.58. The molecule has 3 nitrogen and oxygen atoms in total. The van der Waals surface area contributed by atoms with Crippen LogP contribution in [0, 0.1) is 5.92 Å². The molecule has 0 bridgehead atoms. The van der Waals surface area contributed by atoms with E-state index >= 15 is 4.39 Å². The van der Waals surface area contributed by atoms with Crippen LogP contribution in [0.4, 0.5) is 10.1 Å². The topological polar surface area (TPSA) is 29.0 Å². The molecule has 1 aromatic carbocycles. The van der Waals surface area contributed by atoms with Gasteiger partial charge in [0.15, 0.2) is 5.82 Å². The van der Waals surface area contributed by atoms with Crippen molar-refractivity contribution in [2.24, 2.45) is 5.92 Å². The molecule has 2 aromatic rings. The summed E-state index contributed by atoms with van der Waals surface area (Å²) in [6, 6.07) is 10.2. The van der Waals surface area contributed by atoms with Crippen LogP contribution < -0.4 is 4.90 Å². The predicted octanol–water partition coefficient (Wildman–Crippen LogP) is 7.62. The maximum atomic E-state index is 16.1. The lowest BCUT2D eigenvalue weighted by Crippen LogP contribution is -2.46. The van der Waals surface area contributed by atoms with Gasteiger partial charge in [-0.05, 0) is 61.9 Å². The number of nitrogens with zero attached hydrogens (tertiary/aromatic N) is 3. The lowest BCUT2D eigenvalue weighted by atomic mass is 9.75. The zero-order valence-electron chi connectivity index (χ0n) is 19.5. The molecule has 170 valence electrons. The van der Waals surface area contributed by atoms with Gasteiger partial charge in [0, 0.05) is 36.7 Å². The fourth-order valence-corrected chi connectivity index (χ4v) is 4.93. The smallest absolute Gasteiger partial charge is 0.159 e. The van der Waals surface area contributed by atoms with Crippen LogP contribution in [0.15, 0.2) is 42.7 Å². The van der Waals surface area contributed by atoms with Crippen LogP contribution in [0.3, 0.4) is 0 Å². The molecule has 0 amide bonds. The second-order valence-corrected chi connectivity index (χ2v) is 9.18. The maximum Gasteiger partial charge on any atom is 0.159 e. The molecule has 4 heteroatoms. The highest BCUT2D eigenvalue weighted by Crippen LogP contribution is 2.41. The number of anilines is 1. The zero-order valence-corrected chi connectivity index (χ0v) is 19.5. The summed E-state index contributed by atoms with van der Waals surface area (Å²) in [7, 11) is 0. The van der Waals surface area contributed by atoms with E-state index in [4.69, 9.17) is 0 Å². The van der Waals surface area contributed by atoms with Crippen molar-refractivity contribution in [1.29, 1.82) is 0 Å². The Morgan fingerprint density at radius 3 is 2.06 bits per heavy atom. The van der Waals surface area contributed by atoms with Gasteiger partial charge >= 0.3 is 0 Å². The highest BCUT2D eigenvalue weighted by molar-refractivity contribution is 5.60. The SMILES string of the molecule is CCCCCCC(CCCCC)C1(F)CCN(c2ccc(-c3ncccn3)cc2)CC1. The summed E-state index contributed by atoms with van der Waals surface area (Å²) in [6.07, 6.45) is 15.5. The number of benzene rings is 1. The van der Waals surface area contributed by atoms with E-state index in [1.165, 1.54) is 50.6 Å². The number of halogens is 1. The molecule has 0 spiro atoms. The van der Waals surface area contributed by atoms with Gasteiger partial charge in [0.25, 0.3) is 0 Å². The van der Waals surface area contributed by atoms with Gasteiger partial charge < -0.3 is 4.90 Å². The first-order valence-corrected chi connectivity index (χ1v) is 12.5. The van der Waals surface area contributed by atoms with Crippen molar-refractivity contribution in [3.8, 4) is 11.4 Å². The van der Waals surface area contributed by atoms with Gasteiger partial charge in [0.1, 0.15) is 5.67 Å². The first kappa shape index (κ1) is 23.7. The summed E-state index contributed by atoms with van der Waals surface area (Å²) in [4.78, 5) is 11.0. The van der Waals surface area contributed by atoms with E-state index in [2.05, 4.69) is 53.0 Å². The van der Waals surface area contributed by atoms with Crippen molar-refractivity contribution >= 4 is 5.69 Å². The molecule has 1 saturated heterocycles. The predicted molar refractivity (Wildman–Crippen MR) is 129 cm³/mol. The van der Waals surface area contributed by atoms with Crippen LogP contribution in [0.5, 0.6) is 0 Å². The normalized spacial score (nSPS) is 16.9. The standard InChI is InChI=1S/C27H40FN3/c1-3-5-7-9-12-24(11-8-6-4-2)27(28)17-21-31(22-18-27)25-15-13-23(14-16-25)26-29-19-10-20-30-26/h10,13-16,19-20,24H,3-9,11-12,17-18,21-22H2,1-2H3. The summed E-state index contributed by atoms with van der Waals surface area (Å²) in [5.74, 6) is 0.976. The first-order valence-electron chi connectivity index (χ1n) is 12.5. The molecule has 1 fully saturated rings. The summed E-state index contributed by atoms with van der Waals surface area (Å²) in [6.45, 7) is 6.08. The van der Waals surface area contributed by atoms with Crippen LogP contribution >= 0.6 is 0 Å². The van der Waals surface area contributed by atoms with Gasteiger partial charge in [-0.2, -0.15) is 0 Å². The van der Waals surface area contributed by atoms with Crippen LogP contribution in [-0.2, 0) is 0 Å². The molecule has 0 N–H and O–H groups in total. The van der Waals surface area contributed by atoms with E-state index in [9.17, 15) is 0 Å². The fraction of sp³-hybridized carbons (Fsp3) is 0.630. The first-order chi connectivity index (χ1) is 15.2. The number of hydrogen-bond acceptors (Lipinski definition) is 3. The molecule has 1 unspecified atom stereocenters. The van der Waals surface area contributed by atoms with Gasteiger partial charge in [0.2, 0.25) is 0 Å². The van der Waals surface area contributed by atoms with E-state index in [-0.39, 0.29) is 5.92 Å². The number of unbranched alkanes of at least 4 members (excludes halogenated alkanes) is 5. The van der Waals surface area contributed by atoms with E-state index in [1.807, 2.05) is 6.07 Å². The lowest BCUT2D eigenvalue weighted by molar-refractivity contribution is 0.0394. The van der Waals surface area contributed by atoms with Crippen LogP contribution in [0.2, 0.25) is 0 Å². The third kappa shape index (κ3) is 6.75. The van der Waals surface area contributed by atoms with Gasteiger partial charge in [0.05, 0.1) is 0 Å². The van der Waals surface area contributed by atoms with Gasteiger partial charge in [-0.15, -0.1) is 0 Å². The van der Waals surface area contributed by atoms with Crippen LogP contribution in [-0.4, -0.2) is 28.7 Å². The molecule has 1 aliphatic heterocycles. The molecule has 0 saturated carbocycles. The third-order valence-electron chi connectivity index (χ3n) is 6.95. The van der Waals surface area contributed by atoms with Gasteiger partial charge in [-0.1, -0.05) is 58.8 Å². The van der Waals surface area contributed by atoms with E-state index in [0.29, 0.717) is 12.8 Å². The minimum atomic E-state index is -0.992. The number of alkyl halides is 1. The Morgan fingerprint density at radius 2 is 1.45 bits per heavy atom. The minimum absolute atomic E-state index is 0.232. The van der Waals surface area contributed by atoms with Crippen molar-refractivity contribution in [2.75, 3.05) is 18.0 Å². The Kier molecular flexibility index (Phi) is 9.30. The second-order valence-electron chi connectivity index (χ2n) is 9.18. The number of rotatable bonds is 12. The average molecular weight is 426 g/mol. The molecule has 0 radical (unpaired) electrons. The van der Waals surface area contributed by atoms with Crippen molar-refractivity contribution in [2.45, 2.75) is 90.1 Å².